The maximum atomic E-state index is 6.46. The minimum Gasteiger partial charge on any atom is -0.379 e. The van der Waals surface area contributed by atoms with Crippen LogP contribution in [-0.2, 0) is 16.0 Å². The molecule has 0 fully saturated rings. The van der Waals surface area contributed by atoms with E-state index in [4.69, 9.17) is 9.47 Å². The second-order valence-electron chi connectivity index (χ2n) is 14.9. The van der Waals surface area contributed by atoms with Crippen molar-refractivity contribution in [2.45, 2.75) is 194 Å². The van der Waals surface area contributed by atoms with Crippen LogP contribution in [0.3, 0.4) is 0 Å². The lowest BCUT2D eigenvalue weighted by Crippen LogP contribution is -2.30. The van der Waals surface area contributed by atoms with Gasteiger partial charge in [0.15, 0.2) is 0 Å². The fraction of sp³-hybridized carbons (Fsp3) is 0.714. The lowest BCUT2D eigenvalue weighted by Gasteiger charge is -2.24. The van der Waals surface area contributed by atoms with Gasteiger partial charge in [-0.05, 0) is 95.6 Å². The van der Waals surface area contributed by atoms with E-state index in [-0.39, 0.29) is 6.10 Å². The summed E-state index contributed by atoms with van der Waals surface area (Å²) in [6, 6.07) is 10.9. The summed E-state index contributed by atoms with van der Waals surface area (Å²) in [5, 5.41) is 0. The van der Waals surface area contributed by atoms with Crippen LogP contribution >= 0.6 is 0 Å². The third-order valence-electron chi connectivity index (χ3n) is 9.96. The standard InChI is InChI=1S/C49H85NO2/c1-4-7-9-11-13-15-17-19-21-23-25-27-29-31-33-38-44-51-47-49(42-43-50(6-3)46-48-40-36-35-37-41-48)52-45-39-34-32-30-28-26-24-22-20-18-16-14-12-10-8-5-2/h13-16,19-22,35-37,40-41,49H,4-12,17-18,23-34,38-39,42-47H2,1-3H3. The third kappa shape index (κ3) is 33.9. The van der Waals surface area contributed by atoms with Gasteiger partial charge in [0, 0.05) is 26.3 Å². The van der Waals surface area contributed by atoms with E-state index in [2.05, 4.69) is 105 Å². The van der Waals surface area contributed by atoms with Crippen LogP contribution in [0.15, 0.2) is 78.9 Å². The molecule has 1 atom stereocenters. The third-order valence-corrected chi connectivity index (χ3v) is 9.96. The van der Waals surface area contributed by atoms with Crippen LogP contribution < -0.4 is 0 Å². The van der Waals surface area contributed by atoms with Crippen LogP contribution in [0.5, 0.6) is 0 Å². The molecule has 3 nitrogen and oxygen atoms in total. The molecule has 0 heterocycles. The van der Waals surface area contributed by atoms with Crippen molar-refractivity contribution in [3.05, 3.63) is 84.5 Å². The first-order valence-electron chi connectivity index (χ1n) is 22.4. The van der Waals surface area contributed by atoms with Gasteiger partial charge in [0.05, 0.1) is 12.7 Å². The predicted molar refractivity (Wildman–Crippen MR) is 231 cm³/mol. The zero-order chi connectivity index (χ0) is 37.3. The lowest BCUT2D eigenvalue weighted by atomic mass is 10.1. The number of unbranched alkanes of at least 4 members (excludes halogenated alkanes) is 18. The summed E-state index contributed by atoms with van der Waals surface area (Å²) < 4.78 is 12.7. The summed E-state index contributed by atoms with van der Waals surface area (Å²) in [7, 11) is 0. The number of allylic oxidation sites excluding steroid dienone is 8. The van der Waals surface area contributed by atoms with Crippen molar-refractivity contribution in [3.63, 3.8) is 0 Å². The SMILES string of the molecule is CCCCCC=CCC=CCCCCCCCCOCC(CCN(CC)Cc1ccccc1)OCCCCCCCCC=CCC=CCCCCC. The molecule has 1 aromatic carbocycles. The van der Waals surface area contributed by atoms with Gasteiger partial charge >= 0.3 is 0 Å². The summed E-state index contributed by atoms with van der Waals surface area (Å²) in [5.41, 5.74) is 1.39. The Morgan fingerprint density at radius 2 is 0.981 bits per heavy atom. The summed E-state index contributed by atoms with van der Waals surface area (Å²) >= 11 is 0. The molecule has 0 N–H and O–H groups in total. The Balaban J connectivity index is 2.19. The summed E-state index contributed by atoms with van der Waals surface area (Å²) in [5.74, 6) is 0. The Morgan fingerprint density at radius 3 is 1.48 bits per heavy atom. The van der Waals surface area contributed by atoms with Crippen LogP contribution in [0.4, 0.5) is 0 Å². The van der Waals surface area contributed by atoms with Gasteiger partial charge in [-0.3, -0.25) is 4.90 Å². The zero-order valence-corrected chi connectivity index (χ0v) is 34.8. The average molecular weight is 720 g/mol. The molecule has 3 heteroatoms. The number of ether oxygens (including phenoxy) is 2. The van der Waals surface area contributed by atoms with Crippen molar-refractivity contribution >= 4 is 0 Å². The average Bonchev–Trinajstić information content (AvgIpc) is 3.17. The number of hydrogen-bond acceptors (Lipinski definition) is 3. The molecule has 0 radical (unpaired) electrons. The van der Waals surface area contributed by atoms with E-state index >= 15 is 0 Å². The van der Waals surface area contributed by atoms with Crippen LogP contribution in [-0.4, -0.2) is 43.9 Å². The Bertz CT molecular complexity index is 951. The van der Waals surface area contributed by atoms with E-state index in [0.717, 1.165) is 71.6 Å². The topological polar surface area (TPSA) is 21.7 Å². The van der Waals surface area contributed by atoms with Gasteiger partial charge in [-0.1, -0.05) is 177 Å². The number of nitrogens with zero attached hydrogens (tertiary/aromatic N) is 1. The van der Waals surface area contributed by atoms with Crippen LogP contribution in [0.25, 0.3) is 0 Å². The van der Waals surface area contributed by atoms with E-state index < -0.39 is 0 Å². The maximum Gasteiger partial charge on any atom is 0.0820 e. The van der Waals surface area contributed by atoms with Crippen LogP contribution in [0, 0.1) is 0 Å². The molecule has 0 bridgehead atoms. The summed E-state index contributed by atoms with van der Waals surface area (Å²) in [6.45, 7) is 12.4. The van der Waals surface area contributed by atoms with Crippen molar-refractivity contribution in [2.75, 3.05) is 32.9 Å². The second-order valence-corrected chi connectivity index (χ2v) is 14.9. The molecule has 0 aliphatic rings. The van der Waals surface area contributed by atoms with E-state index in [9.17, 15) is 0 Å². The first-order valence-corrected chi connectivity index (χ1v) is 22.4. The molecule has 0 aliphatic carbocycles. The first-order chi connectivity index (χ1) is 25.8. The number of rotatable bonds is 39. The highest BCUT2D eigenvalue weighted by atomic mass is 16.5. The van der Waals surface area contributed by atoms with Gasteiger partial charge < -0.3 is 9.47 Å². The highest BCUT2D eigenvalue weighted by Crippen LogP contribution is 2.13. The van der Waals surface area contributed by atoms with Gasteiger partial charge in [0.1, 0.15) is 0 Å². The smallest absolute Gasteiger partial charge is 0.0820 e. The maximum absolute atomic E-state index is 6.46. The Morgan fingerprint density at radius 1 is 0.519 bits per heavy atom. The van der Waals surface area contributed by atoms with E-state index in [1.165, 1.54) is 134 Å². The molecular formula is C49H85NO2. The summed E-state index contributed by atoms with van der Waals surface area (Å²) in [6.07, 6.45) is 50.7. The molecule has 0 saturated carbocycles. The van der Waals surface area contributed by atoms with Gasteiger partial charge in [-0.2, -0.15) is 0 Å². The van der Waals surface area contributed by atoms with Crippen molar-refractivity contribution in [3.8, 4) is 0 Å². The Labute approximate surface area is 324 Å². The molecule has 1 aromatic rings. The minimum absolute atomic E-state index is 0.187. The summed E-state index contributed by atoms with van der Waals surface area (Å²) in [4.78, 5) is 2.54. The molecule has 0 aromatic heterocycles. The molecule has 1 unspecified atom stereocenters. The molecule has 298 valence electrons. The van der Waals surface area contributed by atoms with Crippen LogP contribution in [0.1, 0.15) is 187 Å². The van der Waals surface area contributed by atoms with Crippen molar-refractivity contribution in [1.29, 1.82) is 0 Å². The van der Waals surface area contributed by atoms with E-state index in [1.54, 1.807) is 0 Å². The number of benzene rings is 1. The lowest BCUT2D eigenvalue weighted by molar-refractivity contribution is -0.0264. The van der Waals surface area contributed by atoms with Crippen molar-refractivity contribution in [1.82, 2.24) is 4.90 Å². The fourth-order valence-corrected chi connectivity index (χ4v) is 6.48. The molecule has 0 saturated heterocycles. The first kappa shape index (κ1) is 48.1. The molecule has 0 spiro atoms. The van der Waals surface area contributed by atoms with E-state index in [0.29, 0.717) is 0 Å². The molecule has 52 heavy (non-hydrogen) atoms. The Hall–Kier alpha value is -1.94. The van der Waals surface area contributed by atoms with Gasteiger partial charge in [-0.25, -0.2) is 0 Å². The van der Waals surface area contributed by atoms with Gasteiger partial charge in [0.2, 0.25) is 0 Å². The molecule has 0 amide bonds. The molecule has 1 rings (SSSR count). The largest absolute Gasteiger partial charge is 0.379 e. The fourth-order valence-electron chi connectivity index (χ4n) is 6.48. The minimum atomic E-state index is 0.187. The predicted octanol–water partition coefficient (Wildman–Crippen LogP) is 14.9. The van der Waals surface area contributed by atoms with Crippen molar-refractivity contribution in [2.24, 2.45) is 0 Å². The van der Waals surface area contributed by atoms with Crippen LogP contribution in [0.2, 0.25) is 0 Å². The Kier molecular flexibility index (Phi) is 37.2. The quantitative estimate of drug-likeness (QED) is 0.0499. The zero-order valence-electron chi connectivity index (χ0n) is 34.8. The van der Waals surface area contributed by atoms with Crippen molar-refractivity contribution < 1.29 is 9.47 Å². The monoisotopic (exact) mass is 720 g/mol. The van der Waals surface area contributed by atoms with E-state index in [1.807, 2.05) is 0 Å². The second kappa shape index (κ2) is 40.2. The normalized spacial score (nSPS) is 12.9. The highest BCUT2D eigenvalue weighted by molar-refractivity contribution is 5.14. The highest BCUT2D eigenvalue weighted by Gasteiger charge is 2.13. The molecule has 0 aliphatic heterocycles. The van der Waals surface area contributed by atoms with Gasteiger partial charge in [-0.15, -0.1) is 0 Å². The van der Waals surface area contributed by atoms with Gasteiger partial charge in [0.25, 0.3) is 0 Å². The molecular weight excluding hydrogens is 635 g/mol. The number of hydrogen-bond donors (Lipinski definition) is 0.